The molecule has 0 aliphatic carbocycles. The van der Waals surface area contributed by atoms with Crippen molar-refractivity contribution in [2.45, 2.75) is 20.8 Å². The van der Waals surface area contributed by atoms with E-state index in [0.29, 0.717) is 35.5 Å². The van der Waals surface area contributed by atoms with E-state index in [4.69, 9.17) is 9.47 Å². The van der Waals surface area contributed by atoms with Crippen molar-refractivity contribution in [3.8, 4) is 11.5 Å². The molecule has 1 fully saturated rings. The highest BCUT2D eigenvalue weighted by Crippen LogP contribution is 2.34. The lowest BCUT2D eigenvalue weighted by Crippen LogP contribution is -2.22. The molecule has 1 heterocycles. The molecule has 1 aromatic rings. The standard InChI is InChI=1S/C17H21NO4S/c1-5-21-14-8-12(6-7-13(14)22-10-11(2)3)9-15-16(19)18(4)17(20)23-15/h6-9,11H,5,10H2,1-4H3/b15-9-. The SMILES string of the molecule is CCOc1cc(/C=C2\SC(=O)N(C)C2=O)ccc1OCC(C)C. The number of nitrogens with zero attached hydrogens (tertiary/aromatic N) is 1. The number of amides is 2. The Hall–Kier alpha value is -1.95. The maximum Gasteiger partial charge on any atom is 0.293 e. The predicted octanol–water partition coefficient (Wildman–Crippen LogP) is 3.79. The van der Waals surface area contributed by atoms with Gasteiger partial charge in [-0.05, 0) is 48.4 Å². The number of carbonyl (C=O) groups is 2. The van der Waals surface area contributed by atoms with Gasteiger partial charge in [0.1, 0.15) is 0 Å². The van der Waals surface area contributed by atoms with Crippen LogP contribution in [-0.2, 0) is 4.79 Å². The van der Waals surface area contributed by atoms with Crippen LogP contribution in [0.15, 0.2) is 23.1 Å². The van der Waals surface area contributed by atoms with Crippen LogP contribution in [-0.4, -0.2) is 36.3 Å². The topological polar surface area (TPSA) is 55.8 Å². The molecule has 0 bridgehead atoms. The van der Waals surface area contributed by atoms with Gasteiger partial charge < -0.3 is 9.47 Å². The number of thioether (sulfide) groups is 1. The smallest absolute Gasteiger partial charge is 0.293 e. The minimum Gasteiger partial charge on any atom is -0.490 e. The highest BCUT2D eigenvalue weighted by Gasteiger charge is 2.31. The van der Waals surface area contributed by atoms with E-state index in [1.165, 1.54) is 7.05 Å². The Balaban J connectivity index is 2.25. The van der Waals surface area contributed by atoms with Crippen LogP contribution in [0.4, 0.5) is 4.79 Å². The van der Waals surface area contributed by atoms with Crippen molar-refractivity contribution >= 4 is 29.0 Å². The number of carbonyl (C=O) groups excluding carboxylic acids is 2. The van der Waals surface area contributed by atoms with Crippen LogP contribution < -0.4 is 9.47 Å². The summed E-state index contributed by atoms with van der Waals surface area (Å²) in [5.74, 6) is 1.46. The lowest BCUT2D eigenvalue weighted by molar-refractivity contribution is -0.121. The summed E-state index contributed by atoms with van der Waals surface area (Å²) < 4.78 is 11.4. The van der Waals surface area contributed by atoms with Crippen LogP contribution >= 0.6 is 11.8 Å². The van der Waals surface area contributed by atoms with Crippen molar-refractivity contribution in [2.75, 3.05) is 20.3 Å². The first-order valence-electron chi connectivity index (χ1n) is 7.53. The summed E-state index contributed by atoms with van der Waals surface area (Å²) in [5, 5.41) is -0.261. The van der Waals surface area contributed by atoms with Crippen LogP contribution in [0.3, 0.4) is 0 Å². The average molecular weight is 335 g/mol. The van der Waals surface area contributed by atoms with Gasteiger partial charge in [-0.3, -0.25) is 14.5 Å². The third-order valence-electron chi connectivity index (χ3n) is 3.12. The molecule has 1 aromatic carbocycles. The first kappa shape index (κ1) is 17.4. The first-order valence-corrected chi connectivity index (χ1v) is 8.35. The maximum absolute atomic E-state index is 11.9. The van der Waals surface area contributed by atoms with Crippen LogP contribution in [0, 0.1) is 5.92 Å². The van der Waals surface area contributed by atoms with Gasteiger partial charge in [0.25, 0.3) is 11.1 Å². The molecule has 0 atom stereocenters. The number of hydrogen-bond donors (Lipinski definition) is 0. The summed E-state index contributed by atoms with van der Waals surface area (Å²) in [6.45, 7) is 7.19. The molecule has 0 N–H and O–H groups in total. The van der Waals surface area contributed by atoms with Crippen LogP contribution in [0.25, 0.3) is 6.08 Å². The van der Waals surface area contributed by atoms with Gasteiger partial charge in [-0.2, -0.15) is 0 Å². The van der Waals surface area contributed by atoms with Gasteiger partial charge in [0, 0.05) is 7.05 Å². The van der Waals surface area contributed by atoms with Crippen molar-refractivity contribution in [1.82, 2.24) is 4.90 Å². The maximum atomic E-state index is 11.9. The molecular weight excluding hydrogens is 314 g/mol. The molecule has 2 rings (SSSR count). The number of benzene rings is 1. The van der Waals surface area contributed by atoms with Crippen LogP contribution in [0.5, 0.6) is 11.5 Å². The summed E-state index contributed by atoms with van der Waals surface area (Å²) in [4.78, 5) is 25.0. The van der Waals surface area contributed by atoms with Gasteiger partial charge in [-0.15, -0.1) is 0 Å². The molecule has 23 heavy (non-hydrogen) atoms. The van der Waals surface area contributed by atoms with Crippen LogP contribution in [0.2, 0.25) is 0 Å². The molecule has 0 radical (unpaired) electrons. The first-order chi connectivity index (χ1) is 10.9. The predicted molar refractivity (Wildman–Crippen MR) is 91.7 cm³/mol. The van der Waals surface area contributed by atoms with Gasteiger partial charge >= 0.3 is 0 Å². The highest BCUT2D eigenvalue weighted by molar-refractivity contribution is 8.18. The van der Waals surface area contributed by atoms with Crippen molar-refractivity contribution in [1.29, 1.82) is 0 Å². The van der Waals surface area contributed by atoms with Crippen molar-refractivity contribution in [3.63, 3.8) is 0 Å². The fourth-order valence-electron chi connectivity index (χ4n) is 1.96. The minimum absolute atomic E-state index is 0.261. The van der Waals surface area contributed by atoms with Crippen molar-refractivity contribution < 1.29 is 19.1 Å². The van der Waals surface area contributed by atoms with E-state index in [1.807, 2.05) is 25.1 Å². The second-order valence-electron chi connectivity index (χ2n) is 5.58. The zero-order chi connectivity index (χ0) is 17.0. The normalized spacial score (nSPS) is 16.6. The molecular formula is C17H21NO4S. The second-order valence-corrected chi connectivity index (χ2v) is 6.58. The third kappa shape index (κ3) is 4.28. The number of rotatable bonds is 6. The second kappa shape index (κ2) is 7.55. The van der Waals surface area contributed by atoms with E-state index >= 15 is 0 Å². The number of hydrogen-bond acceptors (Lipinski definition) is 5. The average Bonchev–Trinajstić information content (AvgIpc) is 2.74. The Morgan fingerprint density at radius 2 is 1.96 bits per heavy atom. The van der Waals surface area contributed by atoms with E-state index < -0.39 is 0 Å². The quantitative estimate of drug-likeness (QED) is 0.740. The summed E-state index contributed by atoms with van der Waals surface area (Å²) in [6, 6.07) is 5.50. The lowest BCUT2D eigenvalue weighted by atomic mass is 10.1. The zero-order valence-corrected chi connectivity index (χ0v) is 14.6. The van der Waals surface area contributed by atoms with Gasteiger partial charge in [-0.1, -0.05) is 19.9 Å². The summed E-state index contributed by atoms with van der Waals surface area (Å²) in [5.41, 5.74) is 0.796. The molecule has 6 heteroatoms. The molecule has 1 aliphatic rings. The fraction of sp³-hybridized carbons (Fsp3) is 0.412. The van der Waals surface area contributed by atoms with E-state index in [-0.39, 0.29) is 11.1 Å². The number of imide groups is 1. The minimum atomic E-state index is -0.280. The van der Waals surface area contributed by atoms with Gasteiger partial charge in [0.2, 0.25) is 0 Å². The molecule has 1 aliphatic heterocycles. The molecule has 0 unspecified atom stereocenters. The van der Waals surface area contributed by atoms with Gasteiger partial charge in [0.15, 0.2) is 11.5 Å². The number of ether oxygens (including phenoxy) is 2. The van der Waals surface area contributed by atoms with E-state index in [0.717, 1.165) is 22.2 Å². The Kier molecular flexibility index (Phi) is 5.71. The molecule has 0 spiro atoms. The summed E-state index contributed by atoms with van der Waals surface area (Å²) in [6.07, 6.45) is 1.70. The largest absolute Gasteiger partial charge is 0.490 e. The Morgan fingerprint density at radius 3 is 2.52 bits per heavy atom. The molecule has 5 nitrogen and oxygen atoms in total. The number of likely N-dealkylation sites (N-methyl/N-ethyl adjacent to an activating group) is 1. The Labute approximate surface area is 140 Å². The molecule has 1 saturated heterocycles. The van der Waals surface area contributed by atoms with E-state index in [9.17, 15) is 9.59 Å². The van der Waals surface area contributed by atoms with Crippen molar-refractivity contribution in [3.05, 3.63) is 28.7 Å². The fourth-order valence-corrected chi connectivity index (χ4v) is 2.78. The van der Waals surface area contributed by atoms with Gasteiger partial charge in [0.05, 0.1) is 18.1 Å². The lowest BCUT2D eigenvalue weighted by Gasteiger charge is -2.14. The summed E-state index contributed by atoms with van der Waals surface area (Å²) in [7, 11) is 1.48. The molecule has 0 saturated carbocycles. The van der Waals surface area contributed by atoms with E-state index in [1.54, 1.807) is 6.08 Å². The zero-order valence-electron chi connectivity index (χ0n) is 13.8. The summed E-state index contributed by atoms with van der Waals surface area (Å²) >= 11 is 0.941. The Bertz CT molecular complexity index is 639. The third-order valence-corrected chi connectivity index (χ3v) is 4.08. The Morgan fingerprint density at radius 1 is 1.22 bits per heavy atom. The molecule has 124 valence electrons. The van der Waals surface area contributed by atoms with Gasteiger partial charge in [-0.25, -0.2) is 0 Å². The monoisotopic (exact) mass is 335 g/mol. The molecule has 0 aromatic heterocycles. The van der Waals surface area contributed by atoms with Crippen molar-refractivity contribution in [2.24, 2.45) is 5.92 Å². The van der Waals surface area contributed by atoms with E-state index in [2.05, 4.69) is 13.8 Å². The van der Waals surface area contributed by atoms with Crippen LogP contribution in [0.1, 0.15) is 26.3 Å². The highest BCUT2D eigenvalue weighted by atomic mass is 32.2. The molecule has 2 amide bonds.